The maximum Gasteiger partial charge on any atom is 0.235 e. The summed E-state index contributed by atoms with van der Waals surface area (Å²) in [4.78, 5) is 11.9. The first-order chi connectivity index (χ1) is 9.22. The van der Waals surface area contributed by atoms with E-state index in [9.17, 15) is 14.5 Å². The highest BCUT2D eigenvalue weighted by Gasteiger charge is 2.34. The Labute approximate surface area is 118 Å². The van der Waals surface area contributed by atoms with Gasteiger partial charge in [-0.15, -0.1) is 0 Å². The van der Waals surface area contributed by atoms with Gasteiger partial charge < -0.3 is 4.90 Å². The van der Waals surface area contributed by atoms with Crippen molar-refractivity contribution in [2.45, 2.75) is 38.6 Å². The molecule has 1 atom stereocenters. The zero-order valence-electron chi connectivity index (χ0n) is 12.2. The normalized spacial score (nSPS) is 21.1. The highest BCUT2D eigenvalue weighted by molar-refractivity contribution is 5.64. The fourth-order valence-corrected chi connectivity index (χ4v) is 2.87. The Morgan fingerprint density at radius 3 is 2.75 bits per heavy atom. The Kier molecular flexibility index (Phi) is 3.54. The lowest BCUT2D eigenvalue weighted by molar-refractivity contribution is -0.400. The van der Waals surface area contributed by atoms with Crippen LogP contribution in [0.2, 0.25) is 0 Å². The minimum atomic E-state index is -0.586. The van der Waals surface area contributed by atoms with Crippen molar-refractivity contribution in [3.8, 4) is 0 Å². The topological polar surface area (TPSA) is 46.4 Å². The van der Waals surface area contributed by atoms with E-state index in [0.29, 0.717) is 5.92 Å². The fourth-order valence-electron chi connectivity index (χ4n) is 2.87. The van der Waals surface area contributed by atoms with Gasteiger partial charge in [0.2, 0.25) is 6.20 Å². The Morgan fingerprint density at radius 1 is 1.50 bits per heavy atom. The largest absolute Gasteiger partial charge is 0.369 e. The molecule has 0 fully saturated rings. The third-order valence-corrected chi connectivity index (χ3v) is 4.13. The van der Waals surface area contributed by atoms with E-state index in [0.717, 1.165) is 23.9 Å². The summed E-state index contributed by atoms with van der Waals surface area (Å²) in [6.45, 7) is 6.36. The molecular formula is C15H19FN2O2. The van der Waals surface area contributed by atoms with Crippen LogP contribution in [0.3, 0.4) is 0 Å². The molecule has 2 rings (SSSR count). The fraction of sp³-hybridized carbons (Fsp3) is 0.467. The Bertz CT molecular complexity index is 581. The first-order valence-corrected chi connectivity index (χ1v) is 6.61. The molecule has 0 amide bonds. The molecule has 0 aromatic heterocycles. The maximum absolute atomic E-state index is 14.1. The summed E-state index contributed by atoms with van der Waals surface area (Å²) in [5.74, 6) is -0.141. The standard InChI is InChI=1S/C15H19FN2O2/c1-10-9-15(2,3)17(4)14-8-13(16)11(7-12(10)14)5-6-18(19)20/h5-8,10H,9H2,1-4H3/b6-5+. The summed E-state index contributed by atoms with van der Waals surface area (Å²) < 4.78 is 14.1. The molecule has 1 unspecified atom stereocenters. The van der Waals surface area contributed by atoms with E-state index in [1.165, 1.54) is 12.1 Å². The molecule has 1 aromatic carbocycles. The van der Waals surface area contributed by atoms with Gasteiger partial charge in [-0.25, -0.2) is 4.39 Å². The van der Waals surface area contributed by atoms with Gasteiger partial charge in [-0.1, -0.05) is 6.92 Å². The van der Waals surface area contributed by atoms with Gasteiger partial charge in [0.1, 0.15) is 5.82 Å². The molecule has 1 heterocycles. The van der Waals surface area contributed by atoms with Gasteiger partial charge in [-0.2, -0.15) is 0 Å². The lowest BCUT2D eigenvalue weighted by Crippen LogP contribution is -2.45. The van der Waals surface area contributed by atoms with E-state index in [1.54, 1.807) is 6.07 Å². The van der Waals surface area contributed by atoms with Crippen LogP contribution >= 0.6 is 0 Å². The first-order valence-electron chi connectivity index (χ1n) is 6.61. The number of anilines is 1. The number of nitro groups is 1. The van der Waals surface area contributed by atoms with E-state index in [-0.39, 0.29) is 11.1 Å². The number of halogens is 1. The number of benzene rings is 1. The van der Waals surface area contributed by atoms with E-state index >= 15 is 0 Å². The van der Waals surface area contributed by atoms with Crippen molar-refractivity contribution in [1.82, 2.24) is 0 Å². The summed E-state index contributed by atoms with van der Waals surface area (Å²) in [5.41, 5.74) is 2.14. The second-order valence-electron chi connectivity index (χ2n) is 6.01. The van der Waals surface area contributed by atoms with Gasteiger partial charge >= 0.3 is 0 Å². The number of fused-ring (bicyclic) bond motifs is 1. The SMILES string of the molecule is CC1CC(C)(C)N(C)c2cc(F)c(/C=C/[N+](=O)[O-])cc21. The summed E-state index contributed by atoms with van der Waals surface area (Å²) >= 11 is 0. The molecule has 4 nitrogen and oxygen atoms in total. The summed E-state index contributed by atoms with van der Waals surface area (Å²) in [6.07, 6.45) is 2.94. The van der Waals surface area contributed by atoms with Gasteiger partial charge in [-0.3, -0.25) is 10.1 Å². The monoisotopic (exact) mass is 278 g/mol. The van der Waals surface area contributed by atoms with Crippen LogP contribution in [0.4, 0.5) is 10.1 Å². The van der Waals surface area contributed by atoms with Crippen molar-refractivity contribution in [1.29, 1.82) is 0 Å². The zero-order chi connectivity index (χ0) is 15.1. The number of hydrogen-bond acceptors (Lipinski definition) is 3. The molecule has 0 radical (unpaired) electrons. The predicted octanol–water partition coefficient (Wildman–Crippen LogP) is 3.80. The van der Waals surface area contributed by atoms with Gasteiger partial charge in [0.05, 0.1) is 4.92 Å². The average molecular weight is 278 g/mol. The van der Waals surface area contributed by atoms with Gasteiger partial charge in [0.25, 0.3) is 0 Å². The van der Waals surface area contributed by atoms with Crippen molar-refractivity contribution < 1.29 is 9.31 Å². The summed E-state index contributed by atoms with van der Waals surface area (Å²) in [5, 5.41) is 10.4. The van der Waals surface area contributed by atoms with Crippen LogP contribution in [0.15, 0.2) is 18.3 Å². The van der Waals surface area contributed by atoms with Crippen LogP contribution in [-0.4, -0.2) is 17.5 Å². The van der Waals surface area contributed by atoms with Crippen LogP contribution in [0.1, 0.15) is 44.2 Å². The van der Waals surface area contributed by atoms with Crippen molar-refractivity contribution in [2.75, 3.05) is 11.9 Å². The van der Waals surface area contributed by atoms with Crippen molar-refractivity contribution in [2.24, 2.45) is 0 Å². The second kappa shape index (κ2) is 4.89. The molecule has 108 valence electrons. The number of nitrogens with zero attached hydrogens (tertiary/aromatic N) is 2. The van der Waals surface area contributed by atoms with Crippen molar-refractivity contribution in [3.05, 3.63) is 45.4 Å². The molecule has 1 aliphatic heterocycles. The van der Waals surface area contributed by atoms with Crippen LogP contribution in [-0.2, 0) is 0 Å². The summed E-state index contributed by atoms with van der Waals surface area (Å²) in [7, 11) is 1.96. The first kappa shape index (κ1) is 14.5. The molecule has 20 heavy (non-hydrogen) atoms. The van der Waals surface area contributed by atoms with Crippen LogP contribution in [0, 0.1) is 15.9 Å². The lowest BCUT2D eigenvalue weighted by atomic mass is 9.80. The average Bonchev–Trinajstić information content (AvgIpc) is 2.33. The molecule has 0 N–H and O–H groups in total. The molecule has 0 spiro atoms. The molecule has 0 aliphatic carbocycles. The molecule has 0 saturated heterocycles. The molecular weight excluding hydrogens is 259 g/mol. The highest BCUT2D eigenvalue weighted by atomic mass is 19.1. The molecule has 1 aliphatic rings. The Hall–Kier alpha value is -1.91. The van der Waals surface area contributed by atoms with E-state index in [1.807, 2.05) is 7.05 Å². The predicted molar refractivity (Wildman–Crippen MR) is 77.9 cm³/mol. The van der Waals surface area contributed by atoms with Crippen LogP contribution in [0.5, 0.6) is 0 Å². The third kappa shape index (κ3) is 2.53. The smallest absolute Gasteiger partial charge is 0.235 e. The van der Waals surface area contributed by atoms with Crippen molar-refractivity contribution in [3.63, 3.8) is 0 Å². The van der Waals surface area contributed by atoms with E-state index in [4.69, 9.17) is 0 Å². The number of hydrogen-bond donors (Lipinski definition) is 0. The Balaban J connectivity index is 2.51. The zero-order valence-corrected chi connectivity index (χ0v) is 12.2. The highest BCUT2D eigenvalue weighted by Crippen LogP contribution is 2.43. The molecule has 0 saturated carbocycles. The van der Waals surface area contributed by atoms with Gasteiger partial charge in [-0.05, 0) is 43.9 Å². The minimum absolute atomic E-state index is 0.0307. The minimum Gasteiger partial charge on any atom is -0.369 e. The quantitative estimate of drug-likeness (QED) is 0.610. The van der Waals surface area contributed by atoms with Crippen LogP contribution < -0.4 is 4.90 Å². The molecule has 1 aromatic rings. The van der Waals surface area contributed by atoms with Crippen LogP contribution in [0.25, 0.3) is 6.08 Å². The maximum atomic E-state index is 14.1. The molecule has 5 heteroatoms. The van der Waals surface area contributed by atoms with E-state index < -0.39 is 10.7 Å². The lowest BCUT2D eigenvalue weighted by Gasteiger charge is -2.45. The number of rotatable bonds is 2. The third-order valence-electron chi connectivity index (χ3n) is 4.13. The van der Waals surface area contributed by atoms with Gasteiger partial charge in [0, 0.05) is 29.9 Å². The summed E-state index contributed by atoms with van der Waals surface area (Å²) in [6, 6.07) is 3.20. The second-order valence-corrected chi connectivity index (χ2v) is 6.01. The molecule has 0 bridgehead atoms. The Morgan fingerprint density at radius 2 is 2.15 bits per heavy atom. The van der Waals surface area contributed by atoms with Gasteiger partial charge in [0.15, 0.2) is 0 Å². The van der Waals surface area contributed by atoms with E-state index in [2.05, 4.69) is 25.7 Å². The van der Waals surface area contributed by atoms with Crippen molar-refractivity contribution >= 4 is 11.8 Å².